The smallest absolute Gasteiger partial charge is 0.347 e. The molecule has 0 bridgehead atoms. The Morgan fingerprint density at radius 2 is 1.97 bits per heavy atom. The van der Waals surface area contributed by atoms with Crippen molar-refractivity contribution >= 4 is 45.7 Å². The van der Waals surface area contributed by atoms with Crippen LogP contribution < -0.4 is 10.4 Å². The molecule has 3 aromatic heterocycles. The summed E-state index contributed by atoms with van der Waals surface area (Å²) in [7, 11) is 1.43. The van der Waals surface area contributed by atoms with E-state index < -0.39 is 5.63 Å². The number of pyridine rings is 1. The number of methoxy groups -OCH3 is 1. The number of nitriles is 1. The molecule has 0 amide bonds. The average Bonchev–Trinajstić information content (AvgIpc) is 3.12. The third kappa shape index (κ3) is 3.40. The Bertz CT molecular complexity index is 1370. The Labute approximate surface area is 177 Å². The fourth-order valence-corrected chi connectivity index (χ4v) is 3.37. The number of nitrogens with zero attached hydrogens (tertiary/aromatic N) is 5. The molecule has 0 aliphatic rings. The highest BCUT2D eigenvalue weighted by atomic mass is 35.5. The number of hydrogen-bond acceptors (Lipinski definition) is 7. The van der Waals surface area contributed by atoms with Crippen LogP contribution in [0.5, 0.6) is 5.88 Å². The maximum absolute atomic E-state index is 12.5. The second-order valence-electron chi connectivity index (χ2n) is 5.72. The molecule has 0 aliphatic carbocycles. The summed E-state index contributed by atoms with van der Waals surface area (Å²) in [5.74, 6) is 0.353. The van der Waals surface area contributed by atoms with Gasteiger partial charge in [-0.05, 0) is 18.2 Å². The van der Waals surface area contributed by atoms with Gasteiger partial charge in [0.1, 0.15) is 11.2 Å². The number of rotatable bonds is 3. The van der Waals surface area contributed by atoms with Gasteiger partial charge in [-0.1, -0.05) is 34.8 Å². The van der Waals surface area contributed by atoms with E-state index in [-0.39, 0.29) is 49.8 Å². The van der Waals surface area contributed by atoms with Gasteiger partial charge in [0.25, 0.3) is 0 Å². The van der Waals surface area contributed by atoms with Crippen LogP contribution in [-0.4, -0.2) is 26.9 Å². The SMILES string of the molecule is COc1cc(-c2nc3c(Cl)cc(C#N)cc3c(=O)o2)n(-c2ncc(Cl)cc2Cl)n1. The molecular weight excluding hydrogens is 441 g/mol. The van der Waals surface area contributed by atoms with Crippen molar-refractivity contribution in [2.45, 2.75) is 0 Å². The predicted molar refractivity (Wildman–Crippen MR) is 107 cm³/mol. The van der Waals surface area contributed by atoms with Crippen molar-refractivity contribution in [1.82, 2.24) is 19.7 Å². The highest BCUT2D eigenvalue weighted by Gasteiger charge is 2.21. The first-order valence-corrected chi connectivity index (χ1v) is 9.05. The summed E-state index contributed by atoms with van der Waals surface area (Å²) in [6.45, 7) is 0. The van der Waals surface area contributed by atoms with E-state index in [1.165, 1.54) is 42.3 Å². The van der Waals surface area contributed by atoms with Gasteiger partial charge in [0.05, 0.1) is 39.2 Å². The third-order valence-electron chi connectivity index (χ3n) is 3.92. The molecule has 0 N–H and O–H groups in total. The van der Waals surface area contributed by atoms with Crippen LogP contribution in [0.4, 0.5) is 0 Å². The lowest BCUT2D eigenvalue weighted by Gasteiger charge is -2.08. The Morgan fingerprint density at radius 1 is 1.17 bits per heavy atom. The Kier molecular flexibility index (Phi) is 4.88. The quantitative estimate of drug-likeness (QED) is 0.460. The van der Waals surface area contributed by atoms with E-state index in [1.54, 1.807) is 0 Å². The summed E-state index contributed by atoms with van der Waals surface area (Å²) in [4.78, 5) is 21.1. The Morgan fingerprint density at radius 3 is 2.66 bits per heavy atom. The highest BCUT2D eigenvalue weighted by molar-refractivity contribution is 6.35. The van der Waals surface area contributed by atoms with Crippen LogP contribution in [0.15, 0.2) is 39.7 Å². The standard InChI is InChI=1S/C18H8Cl3N5O3/c1-28-14-5-13(26(25-14)16-12(21)4-9(19)7-23-16)17-24-15-10(18(27)29-17)2-8(6-22)3-11(15)20/h2-5,7H,1H3. The number of benzene rings is 1. The number of ether oxygens (including phenoxy) is 1. The largest absolute Gasteiger partial charge is 0.480 e. The van der Waals surface area contributed by atoms with Crippen LogP contribution in [0.2, 0.25) is 15.1 Å². The van der Waals surface area contributed by atoms with Gasteiger partial charge in [0, 0.05) is 12.3 Å². The molecule has 0 saturated carbocycles. The van der Waals surface area contributed by atoms with E-state index in [1.807, 2.05) is 6.07 Å². The van der Waals surface area contributed by atoms with Crippen molar-refractivity contribution in [3.8, 4) is 29.4 Å². The summed E-state index contributed by atoms with van der Waals surface area (Å²) in [5.41, 5.74) is -0.0733. The molecule has 4 aromatic rings. The Balaban J connectivity index is 1.99. The molecule has 0 saturated heterocycles. The molecule has 8 nitrogen and oxygen atoms in total. The molecule has 0 fully saturated rings. The van der Waals surface area contributed by atoms with E-state index >= 15 is 0 Å². The van der Waals surface area contributed by atoms with Crippen molar-refractivity contribution < 1.29 is 9.15 Å². The van der Waals surface area contributed by atoms with Crippen molar-refractivity contribution in [2.24, 2.45) is 0 Å². The van der Waals surface area contributed by atoms with Gasteiger partial charge in [0.15, 0.2) is 5.82 Å². The van der Waals surface area contributed by atoms with Crippen molar-refractivity contribution in [2.75, 3.05) is 7.11 Å². The topological polar surface area (TPSA) is 107 Å². The van der Waals surface area contributed by atoms with Gasteiger partial charge >= 0.3 is 5.63 Å². The molecule has 1 aromatic carbocycles. The summed E-state index contributed by atoms with van der Waals surface area (Å²) >= 11 is 18.4. The first-order chi connectivity index (χ1) is 13.9. The zero-order valence-electron chi connectivity index (χ0n) is 14.5. The summed E-state index contributed by atoms with van der Waals surface area (Å²) in [6.07, 6.45) is 1.39. The van der Waals surface area contributed by atoms with Crippen molar-refractivity contribution in [3.05, 3.63) is 61.5 Å². The molecule has 4 rings (SSSR count). The minimum Gasteiger partial charge on any atom is -0.480 e. The first-order valence-electron chi connectivity index (χ1n) is 7.91. The molecule has 0 aliphatic heterocycles. The molecule has 0 radical (unpaired) electrons. The maximum Gasteiger partial charge on any atom is 0.347 e. The van der Waals surface area contributed by atoms with Gasteiger partial charge in [-0.15, -0.1) is 5.10 Å². The molecule has 0 unspecified atom stereocenters. The van der Waals surface area contributed by atoms with Crippen LogP contribution in [0.25, 0.3) is 28.3 Å². The van der Waals surface area contributed by atoms with Gasteiger partial charge in [-0.2, -0.15) is 5.26 Å². The zero-order valence-corrected chi connectivity index (χ0v) is 16.7. The number of aromatic nitrogens is 4. The third-order valence-corrected chi connectivity index (χ3v) is 4.69. The number of halogens is 3. The van der Waals surface area contributed by atoms with Crippen LogP contribution >= 0.6 is 34.8 Å². The molecule has 0 atom stereocenters. The second kappa shape index (κ2) is 7.37. The van der Waals surface area contributed by atoms with Crippen molar-refractivity contribution in [3.63, 3.8) is 0 Å². The van der Waals surface area contributed by atoms with E-state index in [2.05, 4.69) is 15.1 Å². The van der Waals surface area contributed by atoms with E-state index in [9.17, 15) is 4.79 Å². The molecular formula is C18H8Cl3N5O3. The lowest BCUT2D eigenvalue weighted by Crippen LogP contribution is -2.08. The minimum atomic E-state index is -0.717. The summed E-state index contributed by atoms with van der Waals surface area (Å²) in [6, 6.07) is 7.70. The summed E-state index contributed by atoms with van der Waals surface area (Å²) in [5, 5.41) is 14.1. The maximum atomic E-state index is 12.5. The van der Waals surface area contributed by atoms with Crippen LogP contribution in [0.3, 0.4) is 0 Å². The van der Waals surface area contributed by atoms with Crippen molar-refractivity contribution in [1.29, 1.82) is 5.26 Å². The predicted octanol–water partition coefficient (Wildman–Crippen LogP) is 4.28. The van der Waals surface area contributed by atoms with Gasteiger partial charge in [-0.3, -0.25) is 0 Å². The second-order valence-corrected chi connectivity index (χ2v) is 6.97. The van der Waals surface area contributed by atoms with Crippen LogP contribution in [-0.2, 0) is 0 Å². The fourth-order valence-electron chi connectivity index (χ4n) is 2.65. The monoisotopic (exact) mass is 447 g/mol. The lowest BCUT2D eigenvalue weighted by molar-refractivity contribution is 0.394. The lowest BCUT2D eigenvalue weighted by atomic mass is 10.1. The molecule has 11 heteroatoms. The first kappa shape index (κ1) is 19.2. The fraction of sp³-hybridized carbons (Fsp3) is 0.0556. The van der Waals surface area contributed by atoms with Crippen LogP contribution in [0.1, 0.15) is 5.56 Å². The Hall–Kier alpha value is -3.12. The molecule has 3 heterocycles. The van der Waals surface area contributed by atoms with E-state index in [4.69, 9.17) is 49.2 Å². The van der Waals surface area contributed by atoms with E-state index in [0.29, 0.717) is 5.02 Å². The molecule has 0 spiro atoms. The summed E-state index contributed by atoms with van der Waals surface area (Å²) < 4.78 is 11.9. The van der Waals surface area contributed by atoms with E-state index in [0.717, 1.165) is 0 Å². The normalized spacial score (nSPS) is 10.9. The van der Waals surface area contributed by atoms with Gasteiger partial charge in [0.2, 0.25) is 11.8 Å². The minimum absolute atomic E-state index is 0.0819. The van der Waals surface area contributed by atoms with Gasteiger partial charge in [-0.25, -0.2) is 19.4 Å². The molecule has 144 valence electrons. The zero-order chi connectivity index (χ0) is 20.7. The van der Waals surface area contributed by atoms with Crippen LogP contribution in [0, 0.1) is 11.3 Å². The molecule has 29 heavy (non-hydrogen) atoms. The average molecular weight is 449 g/mol. The van der Waals surface area contributed by atoms with Gasteiger partial charge < -0.3 is 9.15 Å². The highest BCUT2D eigenvalue weighted by Crippen LogP contribution is 2.30. The number of hydrogen-bond donors (Lipinski definition) is 0. The number of fused-ring (bicyclic) bond motifs is 1.